The number of ether oxygens (including phenoxy) is 2. The van der Waals surface area contributed by atoms with E-state index in [1.54, 1.807) is 24.5 Å². The number of ketones is 1. The van der Waals surface area contributed by atoms with Gasteiger partial charge in [0, 0.05) is 42.3 Å². The second-order valence-electron chi connectivity index (χ2n) is 8.36. The van der Waals surface area contributed by atoms with Crippen molar-refractivity contribution in [2.75, 3.05) is 35.6 Å². The molecule has 4 rings (SSSR count). The van der Waals surface area contributed by atoms with Crippen LogP contribution in [0, 0.1) is 5.92 Å². The van der Waals surface area contributed by atoms with Crippen LogP contribution in [0.4, 0.5) is 30.6 Å². The van der Waals surface area contributed by atoms with Crippen molar-refractivity contribution in [1.29, 1.82) is 0 Å². The van der Waals surface area contributed by atoms with Crippen molar-refractivity contribution < 1.29 is 27.8 Å². The fourth-order valence-electron chi connectivity index (χ4n) is 4.09. The summed E-state index contributed by atoms with van der Waals surface area (Å²) in [6.45, 7) is -1.01. The lowest BCUT2D eigenvalue weighted by Crippen LogP contribution is -2.35. The maximum Gasteiger partial charge on any atom is 0.411 e. The van der Waals surface area contributed by atoms with Crippen LogP contribution in [0.5, 0.6) is 5.75 Å². The van der Waals surface area contributed by atoms with Crippen LogP contribution in [0.3, 0.4) is 0 Å². The number of hydrogen-bond acceptors (Lipinski definition) is 7. The van der Waals surface area contributed by atoms with Crippen LogP contribution >= 0.6 is 12.4 Å². The molecule has 1 saturated heterocycles. The van der Waals surface area contributed by atoms with Gasteiger partial charge in [0.2, 0.25) is 0 Å². The van der Waals surface area contributed by atoms with E-state index in [2.05, 4.69) is 19.9 Å². The van der Waals surface area contributed by atoms with Gasteiger partial charge in [-0.15, -0.1) is 12.4 Å². The summed E-state index contributed by atoms with van der Waals surface area (Å²) in [5, 5.41) is 2.59. The number of amides is 1. The fourth-order valence-corrected chi connectivity index (χ4v) is 4.09. The quantitative estimate of drug-likeness (QED) is 0.296. The van der Waals surface area contributed by atoms with Crippen molar-refractivity contribution in [2.24, 2.45) is 5.92 Å². The normalized spacial score (nSPS) is 13.5. The zero-order valence-electron chi connectivity index (χ0n) is 19.8. The molecule has 0 atom stereocenters. The van der Waals surface area contributed by atoms with E-state index in [0.29, 0.717) is 0 Å². The first-order valence-electron chi connectivity index (χ1n) is 11.5. The van der Waals surface area contributed by atoms with E-state index in [-0.39, 0.29) is 53.2 Å². The van der Waals surface area contributed by atoms with Gasteiger partial charge in [-0.1, -0.05) is 6.07 Å². The Morgan fingerprint density at radius 1 is 1.05 bits per heavy atom. The predicted octanol–water partition coefficient (Wildman–Crippen LogP) is 5.38. The molecule has 1 aliphatic rings. The van der Waals surface area contributed by atoms with Crippen LogP contribution < -0.4 is 20.7 Å². The first-order valence-corrected chi connectivity index (χ1v) is 11.5. The number of benzene rings is 2. The minimum Gasteiger partial charge on any atom is -0.449 e. The molecule has 3 N–H and O–H groups in total. The Bertz CT molecular complexity index is 1190. The van der Waals surface area contributed by atoms with E-state index in [1.165, 1.54) is 30.3 Å². The number of carbonyl (C=O) groups is 2. The average Bonchev–Trinajstić information content (AvgIpc) is 2.89. The monoisotopic (exact) mass is 532 g/mol. The number of nitrogen functional groups attached to an aromatic ring is 1. The number of nitrogens with one attached hydrogen (secondary N) is 1. The van der Waals surface area contributed by atoms with Gasteiger partial charge in [0.05, 0.1) is 18.0 Å². The standard InChI is InChI=1S/C26H26F2N4O4.ClH/c27-25(28)36-20-6-4-18(5-7-20)24(33)21-2-1-3-22(29)23(21)31-26(34)35-16-17-10-14-32(15-11-17)19-8-12-30-13-9-19;/h1-9,12-13,17,25H,10-11,14-16,29H2,(H,31,34);1H. The third kappa shape index (κ3) is 7.29. The SMILES string of the molecule is Cl.Nc1cccc(C(=O)c2ccc(OC(F)F)cc2)c1NC(=O)OCC1CCN(c2ccncc2)CC1. The van der Waals surface area contributed by atoms with Crippen molar-refractivity contribution in [3.8, 4) is 5.75 Å². The van der Waals surface area contributed by atoms with E-state index >= 15 is 0 Å². The third-order valence-electron chi connectivity index (χ3n) is 6.00. The summed E-state index contributed by atoms with van der Waals surface area (Å²) in [5.41, 5.74) is 7.86. The number of pyridine rings is 1. The number of hydrogen-bond donors (Lipinski definition) is 2. The second kappa shape index (κ2) is 12.9. The van der Waals surface area contributed by atoms with Gasteiger partial charge < -0.3 is 20.1 Å². The summed E-state index contributed by atoms with van der Waals surface area (Å²) in [5.74, 6) is -0.288. The lowest BCUT2D eigenvalue weighted by molar-refractivity contribution is -0.0498. The summed E-state index contributed by atoms with van der Waals surface area (Å²) in [6.07, 6.45) is 4.56. The molecule has 37 heavy (non-hydrogen) atoms. The van der Waals surface area contributed by atoms with E-state index in [4.69, 9.17) is 10.5 Å². The smallest absolute Gasteiger partial charge is 0.411 e. The number of rotatable bonds is 8. The van der Waals surface area contributed by atoms with Crippen LogP contribution in [0.2, 0.25) is 0 Å². The highest BCUT2D eigenvalue weighted by Gasteiger charge is 2.22. The van der Waals surface area contributed by atoms with Gasteiger partial charge >= 0.3 is 12.7 Å². The highest BCUT2D eigenvalue weighted by molar-refractivity contribution is 6.15. The molecule has 1 fully saturated rings. The molecular formula is C26H27ClF2N4O4. The molecule has 0 saturated carbocycles. The van der Waals surface area contributed by atoms with Gasteiger partial charge in [-0.25, -0.2) is 4.79 Å². The molecule has 3 aromatic rings. The molecule has 196 valence electrons. The zero-order chi connectivity index (χ0) is 25.5. The van der Waals surface area contributed by atoms with Gasteiger partial charge in [-0.05, 0) is 67.3 Å². The van der Waals surface area contributed by atoms with Crippen LogP contribution in [0.25, 0.3) is 0 Å². The van der Waals surface area contributed by atoms with Crippen LogP contribution in [-0.4, -0.2) is 43.2 Å². The second-order valence-corrected chi connectivity index (χ2v) is 8.36. The summed E-state index contributed by atoms with van der Waals surface area (Å²) >= 11 is 0. The number of para-hydroxylation sites is 1. The first kappa shape index (κ1) is 27.7. The summed E-state index contributed by atoms with van der Waals surface area (Å²) in [7, 11) is 0. The van der Waals surface area contributed by atoms with E-state index < -0.39 is 18.5 Å². The van der Waals surface area contributed by atoms with Crippen molar-refractivity contribution >= 4 is 41.3 Å². The molecule has 0 spiro atoms. The zero-order valence-corrected chi connectivity index (χ0v) is 20.6. The molecule has 2 aromatic carbocycles. The van der Waals surface area contributed by atoms with Crippen LogP contribution in [0.15, 0.2) is 67.0 Å². The third-order valence-corrected chi connectivity index (χ3v) is 6.00. The minimum absolute atomic E-state index is 0. The Kier molecular flexibility index (Phi) is 9.62. The van der Waals surface area contributed by atoms with E-state index in [0.717, 1.165) is 31.6 Å². The number of piperidine rings is 1. The van der Waals surface area contributed by atoms with Crippen molar-refractivity contribution in [3.05, 3.63) is 78.1 Å². The maximum absolute atomic E-state index is 13.0. The molecule has 11 heteroatoms. The Labute approximate surface area is 219 Å². The van der Waals surface area contributed by atoms with Gasteiger partial charge in [-0.3, -0.25) is 15.1 Å². The fraction of sp³-hybridized carbons (Fsp3) is 0.269. The Hall–Kier alpha value is -3.92. The first-order chi connectivity index (χ1) is 17.4. The summed E-state index contributed by atoms with van der Waals surface area (Å²) in [4.78, 5) is 31.9. The molecule has 1 aliphatic heterocycles. The molecule has 1 aromatic heterocycles. The number of nitrogens with two attached hydrogens (primary N) is 1. The number of aromatic nitrogens is 1. The topological polar surface area (TPSA) is 107 Å². The van der Waals surface area contributed by atoms with Gasteiger partial charge in [0.25, 0.3) is 0 Å². The lowest BCUT2D eigenvalue weighted by Gasteiger charge is -2.33. The van der Waals surface area contributed by atoms with Gasteiger partial charge in [0.15, 0.2) is 5.78 Å². The molecule has 0 bridgehead atoms. The van der Waals surface area contributed by atoms with Gasteiger partial charge in [-0.2, -0.15) is 8.78 Å². The Balaban J connectivity index is 0.00000380. The predicted molar refractivity (Wildman–Crippen MR) is 139 cm³/mol. The van der Waals surface area contributed by atoms with Gasteiger partial charge in [0.1, 0.15) is 5.75 Å². The summed E-state index contributed by atoms with van der Waals surface area (Å²) < 4.78 is 34.5. The molecule has 0 aliphatic carbocycles. The van der Waals surface area contributed by atoms with Crippen molar-refractivity contribution in [2.45, 2.75) is 19.5 Å². The molecule has 0 radical (unpaired) electrons. The molecular weight excluding hydrogens is 506 g/mol. The number of anilines is 3. The summed E-state index contributed by atoms with van der Waals surface area (Å²) in [6, 6.07) is 13.9. The van der Waals surface area contributed by atoms with E-state index in [9.17, 15) is 18.4 Å². The minimum atomic E-state index is -2.96. The van der Waals surface area contributed by atoms with Crippen molar-refractivity contribution in [3.63, 3.8) is 0 Å². The van der Waals surface area contributed by atoms with Crippen LogP contribution in [0.1, 0.15) is 28.8 Å². The molecule has 2 heterocycles. The number of nitrogens with zero attached hydrogens (tertiary/aromatic N) is 2. The number of carbonyl (C=O) groups excluding carboxylic acids is 2. The maximum atomic E-state index is 13.0. The Morgan fingerprint density at radius 2 is 1.73 bits per heavy atom. The average molecular weight is 533 g/mol. The highest BCUT2D eigenvalue weighted by Crippen LogP contribution is 2.28. The number of alkyl halides is 2. The molecule has 8 nitrogen and oxygen atoms in total. The highest BCUT2D eigenvalue weighted by atomic mass is 35.5. The lowest BCUT2D eigenvalue weighted by atomic mass is 9.97. The number of halogens is 3. The van der Waals surface area contributed by atoms with Crippen LogP contribution in [-0.2, 0) is 4.74 Å². The largest absolute Gasteiger partial charge is 0.449 e. The van der Waals surface area contributed by atoms with E-state index in [1.807, 2.05) is 12.1 Å². The van der Waals surface area contributed by atoms with Crippen molar-refractivity contribution in [1.82, 2.24) is 4.98 Å². The molecule has 1 amide bonds. The molecule has 0 unspecified atom stereocenters. The Morgan fingerprint density at radius 3 is 2.38 bits per heavy atom.